The fourth-order valence-electron chi connectivity index (χ4n) is 3.49. The summed E-state index contributed by atoms with van der Waals surface area (Å²) in [4.78, 5) is 2.24. The van der Waals surface area contributed by atoms with Crippen molar-refractivity contribution in [1.82, 2.24) is 4.90 Å². The van der Waals surface area contributed by atoms with Crippen LogP contribution >= 0.6 is 0 Å². The maximum absolute atomic E-state index is 13.3. The largest absolute Gasteiger partial charge is 0.391 e. The third kappa shape index (κ3) is 6.01. The van der Waals surface area contributed by atoms with Gasteiger partial charge < -0.3 is 5.11 Å². The van der Waals surface area contributed by atoms with Crippen LogP contribution in [0.15, 0.2) is 72.8 Å². The molecule has 28 heavy (non-hydrogen) atoms. The molecule has 0 radical (unpaired) electrons. The van der Waals surface area contributed by atoms with Gasteiger partial charge in [0.1, 0.15) is 5.82 Å². The number of halogens is 1. The Morgan fingerprint density at radius 1 is 0.857 bits per heavy atom. The van der Waals surface area contributed by atoms with Crippen LogP contribution in [-0.4, -0.2) is 22.7 Å². The molecule has 2 nitrogen and oxygen atoms in total. The molecule has 0 bridgehead atoms. The molecule has 0 aliphatic rings. The minimum absolute atomic E-state index is 0.228. The maximum atomic E-state index is 13.3. The first-order chi connectivity index (χ1) is 13.5. The molecule has 3 aromatic rings. The molecular formula is C25H28FNO. The lowest BCUT2D eigenvalue weighted by Gasteiger charge is -2.26. The van der Waals surface area contributed by atoms with E-state index in [1.54, 1.807) is 0 Å². The van der Waals surface area contributed by atoms with Crippen molar-refractivity contribution in [1.29, 1.82) is 0 Å². The van der Waals surface area contributed by atoms with E-state index in [-0.39, 0.29) is 5.82 Å². The van der Waals surface area contributed by atoms with Crippen LogP contribution in [0, 0.1) is 19.7 Å². The number of benzene rings is 3. The van der Waals surface area contributed by atoms with E-state index < -0.39 is 6.10 Å². The van der Waals surface area contributed by atoms with Gasteiger partial charge in [0.05, 0.1) is 6.10 Å². The van der Waals surface area contributed by atoms with E-state index >= 15 is 0 Å². The van der Waals surface area contributed by atoms with Gasteiger partial charge in [-0.3, -0.25) is 4.90 Å². The zero-order chi connectivity index (χ0) is 19.9. The zero-order valence-corrected chi connectivity index (χ0v) is 16.6. The van der Waals surface area contributed by atoms with E-state index in [2.05, 4.69) is 36.9 Å². The highest BCUT2D eigenvalue weighted by atomic mass is 19.1. The van der Waals surface area contributed by atoms with E-state index in [4.69, 9.17) is 0 Å². The van der Waals surface area contributed by atoms with Gasteiger partial charge in [0, 0.05) is 19.6 Å². The number of aliphatic hydroxyl groups excluding tert-OH is 1. The summed E-state index contributed by atoms with van der Waals surface area (Å²) in [6, 6.07) is 23.1. The predicted octanol–water partition coefficient (Wildman–Crippen LogP) is 5.05. The minimum Gasteiger partial charge on any atom is -0.391 e. The first-order valence-electron chi connectivity index (χ1n) is 9.74. The van der Waals surface area contributed by atoms with E-state index in [9.17, 15) is 9.50 Å². The molecule has 0 amide bonds. The quantitative estimate of drug-likeness (QED) is 0.594. The van der Waals surface area contributed by atoms with Gasteiger partial charge in [0.25, 0.3) is 0 Å². The fourth-order valence-corrected chi connectivity index (χ4v) is 3.49. The molecule has 3 aromatic carbocycles. The smallest absolute Gasteiger partial charge is 0.123 e. The summed E-state index contributed by atoms with van der Waals surface area (Å²) in [5.74, 6) is -0.228. The normalized spacial score (nSPS) is 12.3. The molecule has 1 atom stereocenters. The second-order valence-corrected chi connectivity index (χ2v) is 7.57. The molecule has 0 aliphatic carbocycles. The molecule has 0 aromatic heterocycles. The van der Waals surface area contributed by atoms with E-state index in [1.807, 2.05) is 42.5 Å². The molecule has 146 valence electrons. The molecule has 0 spiro atoms. The monoisotopic (exact) mass is 377 g/mol. The lowest BCUT2D eigenvalue weighted by Crippen LogP contribution is -2.33. The van der Waals surface area contributed by atoms with Crippen LogP contribution in [-0.2, 0) is 19.5 Å². The van der Waals surface area contributed by atoms with Crippen molar-refractivity contribution in [3.05, 3.63) is 106 Å². The van der Waals surface area contributed by atoms with Gasteiger partial charge in [-0.25, -0.2) is 4.39 Å². The molecule has 0 fully saturated rings. The molecular weight excluding hydrogens is 349 g/mol. The lowest BCUT2D eigenvalue weighted by atomic mass is 10.0. The van der Waals surface area contributed by atoms with Crippen molar-refractivity contribution in [3.63, 3.8) is 0 Å². The molecule has 1 N–H and O–H groups in total. The summed E-state index contributed by atoms with van der Waals surface area (Å²) in [7, 11) is 0. The summed E-state index contributed by atoms with van der Waals surface area (Å²) in [5, 5.41) is 10.7. The molecule has 3 rings (SSSR count). The third-order valence-corrected chi connectivity index (χ3v) is 5.00. The van der Waals surface area contributed by atoms with Gasteiger partial charge in [-0.15, -0.1) is 0 Å². The highest BCUT2D eigenvalue weighted by Gasteiger charge is 2.15. The van der Waals surface area contributed by atoms with Crippen molar-refractivity contribution < 1.29 is 9.50 Å². The molecule has 0 saturated carbocycles. The zero-order valence-electron chi connectivity index (χ0n) is 16.6. The molecule has 0 heterocycles. The molecule has 3 heteroatoms. The Morgan fingerprint density at radius 3 is 2.29 bits per heavy atom. The van der Waals surface area contributed by atoms with Crippen LogP contribution in [0.4, 0.5) is 4.39 Å². The second-order valence-electron chi connectivity index (χ2n) is 7.57. The standard InChI is InChI=1S/C25H28FNO/c1-19-8-9-20(2)23(14-19)17-27(16-22-10-12-24(26)13-11-22)18-25(28)15-21-6-4-3-5-7-21/h3-14,25,28H,15-18H2,1-2H3/t25-/m0/s1. The van der Waals surface area contributed by atoms with Gasteiger partial charge in [-0.1, -0.05) is 66.2 Å². The van der Waals surface area contributed by atoms with Crippen molar-refractivity contribution >= 4 is 0 Å². The number of rotatable bonds is 8. The lowest BCUT2D eigenvalue weighted by molar-refractivity contribution is 0.104. The van der Waals surface area contributed by atoms with Crippen LogP contribution in [0.3, 0.4) is 0 Å². The highest BCUT2D eigenvalue weighted by Crippen LogP contribution is 2.17. The second kappa shape index (κ2) is 9.63. The summed E-state index contributed by atoms with van der Waals surface area (Å²) >= 11 is 0. The number of nitrogens with zero attached hydrogens (tertiary/aromatic N) is 1. The van der Waals surface area contributed by atoms with E-state index in [0.29, 0.717) is 19.5 Å². The van der Waals surface area contributed by atoms with Gasteiger partial charge >= 0.3 is 0 Å². The summed E-state index contributed by atoms with van der Waals surface area (Å²) in [5.41, 5.74) is 5.90. The van der Waals surface area contributed by atoms with Gasteiger partial charge in [0.2, 0.25) is 0 Å². The van der Waals surface area contributed by atoms with Gasteiger partial charge in [-0.2, -0.15) is 0 Å². The Balaban J connectivity index is 1.74. The molecule has 0 aliphatic heterocycles. The Kier molecular flexibility index (Phi) is 6.96. The van der Waals surface area contributed by atoms with E-state index in [1.165, 1.54) is 28.8 Å². The maximum Gasteiger partial charge on any atom is 0.123 e. The number of hydrogen-bond acceptors (Lipinski definition) is 2. The van der Waals surface area contributed by atoms with Crippen LogP contribution in [0.1, 0.15) is 27.8 Å². The van der Waals surface area contributed by atoms with Crippen molar-refractivity contribution in [2.75, 3.05) is 6.54 Å². The summed E-state index contributed by atoms with van der Waals surface area (Å²) < 4.78 is 13.3. The average Bonchev–Trinajstić information content (AvgIpc) is 2.67. The average molecular weight is 378 g/mol. The van der Waals surface area contributed by atoms with Gasteiger partial charge in [0.15, 0.2) is 0 Å². The van der Waals surface area contributed by atoms with Crippen molar-refractivity contribution in [2.24, 2.45) is 0 Å². The Labute approximate surface area is 167 Å². The number of hydrogen-bond donors (Lipinski definition) is 1. The number of aryl methyl sites for hydroxylation is 2. The number of aliphatic hydroxyl groups is 1. The summed E-state index contributed by atoms with van der Waals surface area (Å²) in [6.07, 6.45) is 0.154. The molecule has 0 unspecified atom stereocenters. The minimum atomic E-state index is -0.465. The topological polar surface area (TPSA) is 23.5 Å². The summed E-state index contributed by atoms with van der Waals surface area (Å²) in [6.45, 7) is 6.18. The fraction of sp³-hybridized carbons (Fsp3) is 0.280. The third-order valence-electron chi connectivity index (χ3n) is 5.00. The van der Waals surface area contributed by atoms with Crippen LogP contribution in [0.2, 0.25) is 0 Å². The van der Waals surface area contributed by atoms with Crippen molar-refractivity contribution in [3.8, 4) is 0 Å². The first kappa shape index (κ1) is 20.2. The Hall–Kier alpha value is -2.49. The molecule has 0 saturated heterocycles. The van der Waals surface area contributed by atoms with Crippen LogP contribution < -0.4 is 0 Å². The van der Waals surface area contributed by atoms with E-state index in [0.717, 1.165) is 17.7 Å². The predicted molar refractivity (Wildman–Crippen MR) is 113 cm³/mol. The Bertz CT molecular complexity index is 877. The Morgan fingerprint density at radius 2 is 1.57 bits per heavy atom. The van der Waals surface area contributed by atoms with Crippen LogP contribution in [0.25, 0.3) is 0 Å². The van der Waals surface area contributed by atoms with Gasteiger partial charge in [-0.05, 0) is 54.7 Å². The van der Waals surface area contributed by atoms with Crippen molar-refractivity contribution in [2.45, 2.75) is 39.5 Å². The highest BCUT2D eigenvalue weighted by molar-refractivity contribution is 5.30. The first-order valence-corrected chi connectivity index (χ1v) is 9.74. The van der Waals surface area contributed by atoms with Crippen LogP contribution in [0.5, 0.6) is 0 Å². The SMILES string of the molecule is Cc1ccc(C)c(CN(Cc2ccc(F)cc2)C[C@@H](O)Cc2ccccc2)c1.